The fourth-order valence-electron chi connectivity index (χ4n) is 4.51. The minimum Gasteiger partial charge on any atom is -0.326 e. The highest BCUT2D eigenvalue weighted by atomic mass is 35.5. The van der Waals surface area contributed by atoms with Crippen LogP contribution in [0.1, 0.15) is 49.7 Å². The van der Waals surface area contributed by atoms with Gasteiger partial charge in [-0.1, -0.05) is 79.4 Å². The van der Waals surface area contributed by atoms with Gasteiger partial charge < -0.3 is 10.6 Å². The van der Waals surface area contributed by atoms with E-state index in [1.807, 2.05) is 48.5 Å². The molecule has 0 aliphatic heterocycles. The molecule has 3 aromatic rings. The quantitative estimate of drug-likeness (QED) is 0.353. The molecule has 0 bridgehead atoms. The van der Waals surface area contributed by atoms with E-state index in [1.54, 1.807) is 0 Å². The Balaban J connectivity index is 1.19. The van der Waals surface area contributed by atoms with Crippen molar-refractivity contribution in [2.45, 2.75) is 51.5 Å². The summed E-state index contributed by atoms with van der Waals surface area (Å²) in [6.45, 7) is 2.05. The second kappa shape index (κ2) is 12.0. The van der Waals surface area contributed by atoms with Crippen LogP contribution in [0.4, 0.5) is 5.69 Å². The molecule has 1 fully saturated rings. The van der Waals surface area contributed by atoms with Crippen molar-refractivity contribution in [1.29, 1.82) is 0 Å². The number of halogens is 1. The molecule has 0 atom stereocenters. The van der Waals surface area contributed by atoms with E-state index in [2.05, 4.69) is 34.9 Å². The second-order valence-corrected chi connectivity index (χ2v) is 9.52. The highest BCUT2D eigenvalue weighted by Gasteiger charge is 2.12. The first-order chi connectivity index (χ1) is 16.2. The molecule has 172 valence electrons. The summed E-state index contributed by atoms with van der Waals surface area (Å²) >= 11 is 5.96. The van der Waals surface area contributed by atoms with E-state index in [1.165, 1.54) is 43.2 Å². The van der Waals surface area contributed by atoms with Crippen molar-refractivity contribution >= 4 is 23.2 Å². The van der Waals surface area contributed by atoms with Gasteiger partial charge in [0, 0.05) is 23.7 Å². The molecule has 33 heavy (non-hydrogen) atoms. The Bertz CT molecular complexity index is 1010. The molecule has 0 unspecified atom stereocenters. The first-order valence-corrected chi connectivity index (χ1v) is 12.5. The maximum Gasteiger partial charge on any atom is 0.224 e. The van der Waals surface area contributed by atoms with E-state index in [-0.39, 0.29) is 5.91 Å². The number of aryl methyl sites for hydroxylation is 1. The fraction of sp³-hybridized carbons (Fsp3) is 0.345. The molecule has 0 saturated heterocycles. The highest BCUT2D eigenvalue weighted by molar-refractivity contribution is 6.30. The van der Waals surface area contributed by atoms with Crippen molar-refractivity contribution in [3.05, 3.63) is 88.9 Å². The Kier molecular flexibility index (Phi) is 8.57. The van der Waals surface area contributed by atoms with E-state index in [4.69, 9.17) is 11.6 Å². The van der Waals surface area contributed by atoms with Crippen LogP contribution in [0.25, 0.3) is 11.1 Å². The van der Waals surface area contributed by atoms with Crippen molar-refractivity contribution in [2.24, 2.45) is 5.92 Å². The van der Waals surface area contributed by atoms with Crippen LogP contribution in [0.5, 0.6) is 0 Å². The number of amides is 1. The van der Waals surface area contributed by atoms with Gasteiger partial charge in [0.1, 0.15) is 0 Å². The summed E-state index contributed by atoms with van der Waals surface area (Å²) in [5, 5.41) is 7.34. The topological polar surface area (TPSA) is 41.1 Å². The van der Waals surface area contributed by atoms with Gasteiger partial charge in [-0.3, -0.25) is 4.79 Å². The van der Waals surface area contributed by atoms with E-state index in [0.29, 0.717) is 6.42 Å². The zero-order chi connectivity index (χ0) is 22.9. The van der Waals surface area contributed by atoms with Crippen molar-refractivity contribution in [2.75, 3.05) is 11.9 Å². The Morgan fingerprint density at radius 3 is 2.06 bits per heavy atom. The second-order valence-electron chi connectivity index (χ2n) is 9.08. The molecule has 1 aliphatic rings. The van der Waals surface area contributed by atoms with Gasteiger partial charge >= 0.3 is 0 Å². The maximum absolute atomic E-state index is 12.4. The van der Waals surface area contributed by atoms with Gasteiger partial charge in [0.2, 0.25) is 5.91 Å². The molecule has 0 heterocycles. The summed E-state index contributed by atoms with van der Waals surface area (Å²) < 4.78 is 0. The average molecular weight is 461 g/mol. The zero-order valence-corrected chi connectivity index (χ0v) is 19.9. The van der Waals surface area contributed by atoms with Crippen LogP contribution in [-0.4, -0.2) is 12.5 Å². The summed E-state index contributed by atoms with van der Waals surface area (Å²) in [4.78, 5) is 12.4. The van der Waals surface area contributed by atoms with Crippen molar-refractivity contribution in [3.8, 4) is 11.1 Å². The lowest BCUT2D eigenvalue weighted by atomic mass is 9.89. The maximum atomic E-state index is 12.4. The Hall–Kier alpha value is -2.62. The fourth-order valence-corrected chi connectivity index (χ4v) is 4.63. The predicted molar refractivity (Wildman–Crippen MR) is 139 cm³/mol. The number of nitrogens with one attached hydrogen (secondary N) is 2. The van der Waals surface area contributed by atoms with E-state index >= 15 is 0 Å². The molecule has 2 N–H and O–H groups in total. The van der Waals surface area contributed by atoms with Crippen LogP contribution in [0.15, 0.2) is 72.8 Å². The molecule has 3 nitrogen and oxygen atoms in total. The lowest BCUT2D eigenvalue weighted by Crippen LogP contribution is -2.24. The number of anilines is 1. The predicted octanol–water partition coefficient (Wildman–Crippen LogP) is 7.25. The summed E-state index contributed by atoms with van der Waals surface area (Å²) in [6.07, 6.45) is 8.16. The molecule has 0 aromatic heterocycles. The molecule has 3 aromatic carbocycles. The van der Waals surface area contributed by atoms with Gasteiger partial charge in [0.15, 0.2) is 0 Å². The molecule has 1 aliphatic carbocycles. The van der Waals surface area contributed by atoms with E-state index < -0.39 is 0 Å². The molecular weight excluding hydrogens is 428 g/mol. The highest BCUT2D eigenvalue weighted by Crippen LogP contribution is 2.24. The van der Waals surface area contributed by atoms with Gasteiger partial charge in [0.05, 0.1) is 0 Å². The largest absolute Gasteiger partial charge is 0.326 e. The van der Waals surface area contributed by atoms with Gasteiger partial charge in [-0.05, 0) is 78.2 Å². The van der Waals surface area contributed by atoms with Crippen molar-refractivity contribution in [1.82, 2.24) is 5.32 Å². The molecular formula is C29H33ClN2O. The first-order valence-electron chi connectivity index (χ1n) is 12.1. The number of carbonyl (C=O) groups is 1. The third-order valence-corrected chi connectivity index (χ3v) is 6.75. The normalized spacial score (nSPS) is 14.2. The third-order valence-electron chi connectivity index (χ3n) is 6.50. The lowest BCUT2D eigenvalue weighted by molar-refractivity contribution is -0.116. The minimum atomic E-state index is 0.0347. The number of benzene rings is 3. The van der Waals surface area contributed by atoms with Crippen LogP contribution in [0.3, 0.4) is 0 Å². The molecule has 1 saturated carbocycles. The van der Waals surface area contributed by atoms with Crippen LogP contribution in [0, 0.1) is 5.92 Å². The molecule has 0 radical (unpaired) electrons. The zero-order valence-electron chi connectivity index (χ0n) is 19.2. The number of hydrogen-bond acceptors (Lipinski definition) is 2. The van der Waals surface area contributed by atoms with Gasteiger partial charge in [0.25, 0.3) is 0 Å². The van der Waals surface area contributed by atoms with Crippen molar-refractivity contribution in [3.63, 3.8) is 0 Å². The first kappa shape index (κ1) is 23.5. The minimum absolute atomic E-state index is 0.0347. The summed E-state index contributed by atoms with van der Waals surface area (Å²) in [5.74, 6) is 0.887. The third kappa shape index (κ3) is 7.45. The lowest BCUT2D eigenvalue weighted by Gasteiger charge is -2.21. The molecule has 4 rings (SSSR count). The number of hydrogen-bond donors (Lipinski definition) is 2. The summed E-state index contributed by atoms with van der Waals surface area (Å²) in [7, 11) is 0. The van der Waals surface area contributed by atoms with E-state index in [0.717, 1.165) is 47.3 Å². The smallest absolute Gasteiger partial charge is 0.224 e. The van der Waals surface area contributed by atoms with Crippen LogP contribution < -0.4 is 10.6 Å². The summed E-state index contributed by atoms with van der Waals surface area (Å²) in [5.41, 5.74) is 5.51. The molecule has 1 amide bonds. The number of carbonyl (C=O) groups excluding carboxylic acids is 1. The average Bonchev–Trinajstić information content (AvgIpc) is 2.85. The number of rotatable bonds is 9. The van der Waals surface area contributed by atoms with Crippen molar-refractivity contribution < 1.29 is 4.79 Å². The van der Waals surface area contributed by atoms with E-state index in [9.17, 15) is 4.79 Å². The van der Waals surface area contributed by atoms with Gasteiger partial charge in [-0.15, -0.1) is 0 Å². The van der Waals surface area contributed by atoms with Crippen LogP contribution in [0.2, 0.25) is 5.02 Å². The standard InChI is InChI=1S/C29H33ClN2O/c30-27-15-11-25(12-16-27)26-13-17-28(18-14-26)32-29(33)19-10-22-6-8-24(9-7-22)21-31-20-23-4-2-1-3-5-23/h6-9,11-18,23,31H,1-5,10,19-21H2,(H,32,33). The molecule has 4 heteroatoms. The molecule has 0 spiro atoms. The Morgan fingerprint density at radius 2 is 1.39 bits per heavy atom. The summed E-state index contributed by atoms with van der Waals surface area (Å²) in [6, 6.07) is 24.3. The van der Waals surface area contributed by atoms with Crippen LogP contribution >= 0.6 is 11.6 Å². The Labute approximate surface area is 202 Å². The van der Waals surface area contributed by atoms with Gasteiger partial charge in [-0.25, -0.2) is 0 Å². The van der Waals surface area contributed by atoms with Gasteiger partial charge in [-0.2, -0.15) is 0 Å². The monoisotopic (exact) mass is 460 g/mol. The van der Waals surface area contributed by atoms with Crippen LogP contribution in [-0.2, 0) is 17.8 Å². The SMILES string of the molecule is O=C(CCc1ccc(CNCC2CCCCC2)cc1)Nc1ccc(-c2ccc(Cl)cc2)cc1. The Morgan fingerprint density at radius 1 is 0.788 bits per heavy atom.